The number of nitrogens with zero attached hydrogens (tertiary/aromatic N) is 2. The van der Waals surface area contributed by atoms with Gasteiger partial charge in [-0.25, -0.2) is 4.39 Å². The van der Waals surface area contributed by atoms with E-state index in [1.807, 2.05) is 0 Å². The van der Waals surface area contributed by atoms with Gasteiger partial charge in [0, 0.05) is 19.5 Å². The molecule has 1 fully saturated rings. The van der Waals surface area contributed by atoms with E-state index >= 15 is 0 Å². The zero-order chi connectivity index (χ0) is 19.7. The molecule has 3 N–H and O–H groups in total. The highest BCUT2D eigenvalue weighted by atomic mass is 19.1. The molecule has 0 bridgehead atoms. The first-order valence-electron chi connectivity index (χ1n) is 9.01. The molecule has 7 nitrogen and oxygen atoms in total. The molecule has 0 saturated carbocycles. The second-order valence-electron chi connectivity index (χ2n) is 6.82. The number of hydrogen-bond donors (Lipinski definition) is 3. The molecule has 1 aliphatic heterocycles. The van der Waals surface area contributed by atoms with Crippen molar-refractivity contribution in [2.45, 2.75) is 12.8 Å². The molecular formula is C20H19FN4O3. The number of nitrogens with one attached hydrogen (secondary N) is 2. The van der Waals surface area contributed by atoms with Crippen LogP contribution >= 0.6 is 0 Å². The van der Waals surface area contributed by atoms with Crippen molar-refractivity contribution in [2.24, 2.45) is 5.92 Å². The minimum atomic E-state index is -0.508. The van der Waals surface area contributed by atoms with E-state index < -0.39 is 11.7 Å². The number of anilines is 1. The van der Waals surface area contributed by atoms with Crippen LogP contribution in [0, 0.1) is 11.7 Å². The maximum Gasteiger partial charge on any atom is 0.229 e. The van der Waals surface area contributed by atoms with Crippen LogP contribution in [0.4, 0.5) is 10.2 Å². The van der Waals surface area contributed by atoms with Crippen molar-refractivity contribution in [1.29, 1.82) is 0 Å². The van der Waals surface area contributed by atoms with Gasteiger partial charge in [-0.1, -0.05) is 18.2 Å². The van der Waals surface area contributed by atoms with E-state index in [0.717, 1.165) is 5.56 Å². The smallest absolute Gasteiger partial charge is 0.229 e. The minimum Gasteiger partial charge on any atom is -0.508 e. The summed E-state index contributed by atoms with van der Waals surface area (Å²) in [5, 5.41) is 19.2. The molecule has 144 valence electrons. The second-order valence-corrected chi connectivity index (χ2v) is 6.82. The first-order chi connectivity index (χ1) is 13.5. The van der Waals surface area contributed by atoms with Crippen LogP contribution in [-0.4, -0.2) is 40.2 Å². The second kappa shape index (κ2) is 7.30. The number of H-pyrrole nitrogens is 1. The summed E-state index contributed by atoms with van der Waals surface area (Å²) in [4.78, 5) is 26.2. The predicted octanol–water partition coefficient (Wildman–Crippen LogP) is 2.12. The number of phenolic OH excluding ortho intramolecular Hbond substituents is 1. The van der Waals surface area contributed by atoms with E-state index in [0.29, 0.717) is 18.5 Å². The normalized spacial score (nSPS) is 16.7. The molecule has 1 atom stereocenters. The summed E-state index contributed by atoms with van der Waals surface area (Å²) in [5.74, 6) is -1.02. The molecule has 8 heteroatoms. The average molecular weight is 382 g/mol. The standard InChI is InChI=1S/C20H19FN4O3/c21-15-2-1-3-16-18(15)19(24-23-16)25-11-13(10-17(25)27)20(28)22-9-8-12-4-6-14(26)7-5-12/h1-7,13,26H,8-11H2,(H,22,28)(H,23,24). The number of carbonyl (C=O) groups excluding carboxylic acids is 2. The molecule has 3 aromatic rings. The van der Waals surface area contributed by atoms with Gasteiger partial charge >= 0.3 is 0 Å². The third-order valence-corrected chi connectivity index (χ3v) is 4.92. The lowest BCUT2D eigenvalue weighted by molar-refractivity contribution is -0.126. The lowest BCUT2D eigenvalue weighted by atomic mass is 10.1. The van der Waals surface area contributed by atoms with Gasteiger partial charge in [0.2, 0.25) is 11.8 Å². The number of fused-ring (bicyclic) bond motifs is 1. The Kier molecular flexibility index (Phi) is 4.68. The fourth-order valence-corrected chi connectivity index (χ4v) is 3.43. The van der Waals surface area contributed by atoms with Crippen LogP contribution in [0.1, 0.15) is 12.0 Å². The van der Waals surface area contributed by atoms with E-state index in [9.17, 15) is 19.1 Å². The number of amides is 2. The van der Waals surface area contributed by atoms with Crippen molar-refractivity contribution in [3.8, 4) is 5.75 Å². The maximum atomic E-state index is 14.2. The fourth-order valence-electron chi connectivity index (χ4n) is 3.43. The van der Waals surface area contributed by atoms with Crippen LogP contribution in [0.2, 0.25) is 0 Å². The van der Waals surface area contributed by atoms with E-state index in [4.69, 9.17) is 0 Å². The Morgan fingerprint density at radius 1 is 1.29 bits per heavy atom. The molecular weight excluding hydrogens is 363 g/mol. The van der Waals surface area contributed by atoms with E-state index in [1.165, 1.54) is 11.0 Å². The van der Waals surface area contributed by atoms with E-state index in [-0.39, 0.29) is 41.7 Å². The first-order valence-corrected chi connectivity index (χ1v) is 9.01. The molecule has 2 heterocycles. The predicted molar refractivity (Wildman–Crippen MR) is 101 cm³/mol. The van der Waals surface area contributed by atoms with Gasteiger partial charge in [-0.3, -0.25) is 19.6 Å². The van der Waals surface area contributed by atoms with E-state index in [1.54, 1.807) is 36.4 Å². The quantitative estimate of drug-likeness (QED) is 0.630. The Balaban J connectivity index is 1.40. The third-order valence-electron chi connectivity index (χ3n) is 4.92. The summed E-state index contributed by atoms with van der Waals surface area (Å²) in [7, 11) is 0. The van der Waals surface area contributed by atoms with Gasteiger partial charge in [0.25, 0.3) is 0 Å². The first kappa shape index (κ1) is 18.0. The topological polar surface area (TPSA) is 98.3 Å². The average Bonchev–Trinajstić information content (AvgIpc) is 3.27. The fraction of sp³-hybridized carbons (Fsp3) is 0.250. The molecule has 1 unspecified atom stereocenters. The highest BCUT2D eigenvalue weighted by Crippen LogP contribution is 2.31. The van der Waals surface area contributed by atoms with Gasteiger partial charge in [-0.15, -0.1) is 0 Å². The number of hydrogen-bond acceptors (Lipinski definition) is 4. The Morgan fingerprint density at radius 2 is 2.07 bits per heavy atom. The largest absolute Gasteiger partial charge is 0.508 e. The lowest BCUT2D eigenvalue weighted by Crippen LogP contribution is -2.34. The van der Waals surface area contributed by atoms with Gasteiger partial charge in [0.05, 0.1) is 16.8 Å². The molecule has 1 saturated heterocycles. The zero-order valence-corrected chi connectivity index (χ0v) is 15.0. The Morgan fingerprint density at radius 3 is 2.86 bits per heavy atom. The van der Waals surface area contributed by atoms with Crippen LogP contribution in [0.3, 0.4) is 0 Å². The molecule has 0 spiro atoms. The lowest BCUT2D eigenvalue weighted by Gasteiger charge is -2.14. The van der Waals surface area contributed by atoms with Crippen molar-refractivity contribution < 1.29 is 19.1 Å². The Hall–Kier alpha value is -3.42. The number of aromatic hydroxyl groups is 1. The highest BCUT2D eigenvalue weighted by Gasteiger charge is 2.37. The van der Waals surface area contributed by atoms with E-state index in [2.05, 4.69) is 15.5 Å². The molecule has 2 aromatic carbocycles. The highest BCUT2D eigenvalue weighted by molar-refractivity contribution is 6.05. The Labute approximate surface area is 160 Å². The number of phenols is 1. The van der Waals surface area contributed by atoms with Crippen LogP contribution in [0.15, 0.2) is 42.5 Å². The number of rotatable bonds is 5. The number of aromatic nitrogens is 2. The zero-order valence-electron chi connectivity index (χ0n) is 15.0. The van der Waals surface area contributed by atoms with Gasteiger partial charge in [-0.05, 0) is 36.2 Å². The number of halogens is 1. The molecule has 4 rings (SSSR count). The van der Waals surface area contributed by atoms with Crippen molar-refractivity contribution in [1.82, 2.24) is 15.5 Å². The minimum absolute atomic E-state index is 0.0633. The molecule has 1 aliphatic rings. The summed E-state index contributed by atoms with van der Waals surface area (Å²) >= 11 is 0. The maximum absolute atomic E-state index is 14.2. The number of aromatic amines is 1. The van der Waals surface area contributed by atoms with Crippen LogP contribution in [0.5, 0.6) is 5.75 Å². The van der Waals surface area contributed by atoms with Crippen molar-refractivity contribution in [3.05, 3.63) is 53.8 Å². The van der Waals surface area contributed by atoms with Gasteiger partial charge in [-0.2, -0.15) is 5.10 Å². The molecule has 2 amide bonds. The summed E-state index contributed by atoms with van der Waals surface area (Å²) < 4.78 is 14.2. The molecule has 28 heavy (non-hydrogen) atoms. The monoisotopic (exact) mass is 382 g/mol. The van der Waals surface area contributed by atoms with Gasteiger partial charge in [0.1, 0.15) is 11.6 Å². The number of carbonyl (C=O) groups is 2. The van der Waals surface area contributed by atoms with Gasteiger partial charge < -0.3 is 10.4 Å². The van der Waals surface area contributed by atoms with Crippen molar-refractivity contribution in [3.63, 3.8) is 0 Å². The summed E-state index contributed by atoms with van der Waals surface area (Å²) in [6.07, 6.45) is 0.680. The summed E-state index contributed by atoms with van der Waals surface area (Å²) in [6, 6.07) is 11.3. The summed E-state index contributed by atoms with van der Waals surface area (Å²) in [5.41, 5.74) is 1.49. The third kappa shape index (κ3) is 3.40. The van der Waals surface area contributed by atoms with Crippen molar-refractivity contribution >= 4 is 28.5 Å². The summed E-state index contributed by atoms with van der Waals surface area (Å²) in [6.45, 7) is 0.590. The number of benzene rings is 2. The van der Waals surface area contributed by atoms with Crippen LogP contribution < -0.4 is 10.2 Å². The molecule has 1 aromatic heterocycles. The van der Waals surface area contributed by atoms with Crippen LogP contribution in [0.25, 0.3) is 10.9 Å². The molecule has 0 aliphatic carbocycles. The SMILES string of the molecule is O=C(NCCc1ccc(O)cc1)C1CC(=O)N(c2n[nH]c3cccc(F)c23)C1. The molecule has 0 radical (unpaired) electrons. The Bertz CT molecular complexity index is 1030. The van der Waals surface area contributed by atoms with Crippen molar-refractivity contribution in [2.75, 3.05) is 18.0 Å². The van der Waals surface area contributed by atoms with Gasteiger partial charge in [0.15, 0.2) is 5.82 Å². The van der Waals surface area contributed by atoms with Crippen LogP contribution in [-0.2, 0) is 16.0 Å².